The monoisotopic (exact) mass is 413 g/mol. The van der Waals surface area contributed by atoms with Crippen molar-refractivity contribution in [2.75, 3.05) is 6.61 Å². The molecule has 0 aliphatic carbocycles. The first-order valence-corrected chi connectivity index (χ1v) is 10.1. The van der Waals surface area contributed by atoms with Gasteiger partial charge in [0.05, 0.1) is 12.6 Å². The van der Waals surface area contributed by atoms with E-state index in [4.69, 9.17) is 4.74 Å². The normalized spacial score (nSPS) is 21.4. The summed E-state index contributed by atoms with van der Waals surface area (Å²) in [5.74, 6) is -2.25. The van der Waals surface area contributed by atoms with Crippen molar-refractivity contribution in [3.63, 3.8) is 0 Å². The zero-order valence-electron chi connectivity index (χ0n) is 18.4. The molecule has 0 aromatic carbocycles. The van der Waals surface area contributed by atoms with Gasteiger partial charge in [-0.2, -0.15) is 0 Å². The molecule has 166 valence electrons. The van der Waals surface area contributed by atoms with Gasteiger partial charge in [0.25, 0.3) is 0 Å². The Kier molecular flexibility index (Phi) is 8.62. The summed E-state index contributed by atoms with van der Waals surface area (Å²) in [5.41, 5.74) is -0.864. The van der Waals surface area contributed by atoms with Crippen LogP contribution in [0.5, 0.6) is 0 Å². The molecule has 9 heteroatoms. The Labute approximate surface area is 172 Å². The minimum absolute atomic E-state index is 0.169. The molecule has 1 fully saturated rings. The van der Waals surface area contributed by atoms with Crippen molar-refractivity contribution in [3.05, 3.63) is 0 Å². The Morgan fingerprint density at radius 2 is 1.41 bits per heavy atom. The van der Waals surface area contributed by atoms with E-state index in [9.17, 15) is 24.3 Å². The number of Topliss-reactive ketones (excluding diaryl/α,β-unsaturated/α-hetero) is 1. The highest BCUT2D eigenvalue weighted by Crippen LogP contribution is 2.29. The van der Waals surface area contributed by atoms with Gasteiger partial charge in [-0.05, 0) is 31.1 Å². The van der Waals surface area contributed by atoms with E-state index >= 15 is 0 Å². The summed E-state index contributed by atoms with van der Waals surface area (Å²) < 4.78 is 5.23. The topological polar surface area (TPSA) is 137 Å². The van der Waals surface area contributed by atoms with Gasteiger partial charge in [0.15, 0.2) is 5.78 Å². The number of carboxylic acids is 1. The van der Waals surface area contributed by atoms with E-state index in [2.05, 4.69) is 16.0 Å². The predicted molar refractivity (Wildman–Crippen MR) is 107 cm³/mol. The average molecular weight is 414 g/mol. The summed E-state index contributed by atoms with van der Waals surface area (Å²) in [7, 11) is 0. The molecule has 1 aliphatic heterocycles. The molecule has 0 radical (unpaired) electrons. The van der Waals surface area contributed by atoms with Crippen molar-refractivity contribution in [1.29, 1.82) is 0 Å². The summed E-state index contributed by atoms with van der Waals surface area (Å²) >= 11 is 0. The minimum Gasteiger partial charge on any atom is -0.480 e. The van der Waals surface area contributed by atoms with Crippen molar-refractivity contribution in [1.82, 2.24) is 16.0 Å². The molecular formula is C20H35N3O6. The lowest BCUT2D eigenvalue weighted by atomic mass is 9.92. The lowest BCUT2D eigenvalue weighted by molar-refractivity contribution is -0.140. The molecule has 1 heterocycles. The maximum Gasteiger partial charge on any atom is 0.326 e. The summed E-state index contributed by atoms with van der Waals surface area (Å²) in [5, 5.41) is 16.9. The van der Waals surface area contributed by atoms with Gasteiger partial charge in [-0.3, -0.25) is 9.59 Å². The molecular weight excluding hydrogens is 378 g/mol. The van der Waals surface area contributed by atoms with Crippen LogP contribution in [0.1, 0.15) is 54.9 Å². The number of hydrogen-bond donors (Lipinski definition) is 4. The van der Waals surface area contributed by atoms with E-state index in [0.717, 1.165) is 0 Å². The van der Waals surface area contributed by atoms with Crippen molar-refractivity contribution in [2.24, 2.45) is 17.8 Å². The molecule has 3 amide bonds. The van der Waals surface area contributed by atoms with Crippen molar-refractivity contribution < 1.29 is 29.0 Å². The summed E-state index contributed by atoms with van der Waals surface area (Å²) in [6.07, 6.45) is 0.453. The standard InChI is InChI=1S/C20H35N3O6/c1-10(2)8-13(16(24)20(7)9-29-20)21-17(25)14(11(3)4)22-19(28)23-15(12(5)6)18(26)27/h10-15H,8-9H2,1-7H3,(H,21,25)(H,26,27)(H2,22,23,28)/t13-,14-,15+,20+/m0/s1. The third kappa shape index (κ3) is 7.30. The van der Waals surface area contributed by atoms with Gasteiger partial charge in [0.2, 0.25) is 5.91 Å². The van der Waals surface area contributed by atoms with Gasteiger partial charge in [-0.25, -0.2) is 9.59 Å². The second kappa shape index (κ2) is 10.0. The molecule has 0 bridgehead atoms. The average Bonchev–Trinajstić information content (AvgIpc) is 3.33. The van der Waals surface area contributed by atoms with Gasteiger partial charge in [-0.15, -0.1) is 0 Å². The molecule has 4 N–H and O–H groups in total. The number of urea groups is 1. The number of ketones is 1. The molecule has 0 aromatic rings. The van der Waals surface area contributed by atoms with Crippen LogP contribution in [0.25, 0.3) is 0 Å². The number of epoxide rings is 1. The molecule has 4 atom stereocenters. The SMILES string of the molecule is CC(C)C[C@H](NC(=O)[C@@H](NC(=O)N[C@@H](C(=O)O)C(C)C)C(C)C)C(=O)[C@@]1(C)CO1. The first kappa shape index (κ1) is 24.9. The molecule has 9 nitrogen and oxygen atoms in total. The Balaban J connectivity index is 2.85. The predicted octanol–water partition coefficient (Wildman–Crippen LogP) is 1.31. The molecule has 0 spiro atoms. The van der Waals surface area contributed by atoms with Gasteiger partial charge in [-0.1, -0.05) is 41.5 Å². The minimum atomic E-state index is -1.15. The fraction of sp³-hybridized carbons (Fsp3) is 0.800. The lowest BCUT2D eigenvalue weighted by Crippen LogP contribution is -2.58. The largest absolute Gasteiger partial charge is 0.480 e. The third-order valence-electron chi connectivity index (χ3n) is 4.89. The van der Waals surface area contributed by atoms with E-state index < -0.39 is 41.6 Å². The summed E-state index contributed by atoms with van der Waals surface area (Å²) in [4.78, 5) is 49.1. The highest BCUT2D eigenvalue weighted by molar-refractivity contribution is 5.98. The van der Waals surface area contributed by atoms with Crippen LogP contribution in [0.4, 0.5) is 4.79 Å². The van der Waals surface area contributed by atoms with Crippen LogP contribution in [0.3, 0.4) is 0 Å². The molecule has 29 heavy (non-hydrogen) atoms. The molecule has 1 aliphatic rings. The summed E-state index contributed by atoms with van der Waals surface area (Å²) in [6.45, 7) is 12.8. The molecule has 0 unspecified atom stereocenters. The number of hydrogen-bond acceptors (Lipinski definition) is 5. The van der Waals surface area contributed by atoms with Gasteiger partial charge >= 0.3 is 12.0 Å². The van der Waals surface area contributed by atoms with E-state index in [1.54, 1.807) is 34.6 Å². The second-order valence-electron chi connectivity index (χ2n) is 8.97. The summed E-state index contributed by atoms with van der Waals surface area (Å²) in [6, 6.07) is -3.46. The number of carboxylic acid groups (broad SMARTS) is 1. The zero-order valence-corrected chi connectivity index (χ0v) is 18.4. The number of amides is 3. The van der Waals surface area contributed by atoms with E-state index in [0.29, 0.717) is 13.0 Å². The highest BCUT2D eigenvalue weighted by atomic mass is 16.6. The smallest absolute Gasteiger partial charge is 0.326 e. The first-order valence-electron chi connectivity index (χ1n) is 10.1. The Bertz CT molecular complexity index is 628. The van der Waals surface area contributed by atoms with Crippen LogP contribution >= 0.6 is 0 Å². The first-order chi connectivity index (χ1) is 13.3. The van der Waals surface area contributed by atoms with Crippen molar-refractivity contribution >= 4 is 23.7 Å². The zero-order chi connectivity index (χ0) is 22.5. The van der Waals surface area contributed by atoms with Crippen LogP contribution in [0, 0.1) is 17.8 Å². The number of rotatable bonds is 11. The van der Waals surface area contributed by atoms with Crippen LogP contribution in [0.15, 0.2) is 0 Å². The van der Waals surface area contributed by atoms with Crippen molar-refractivity contribution in [2.45, 2.75) is 78.6 Å². The lowest BCUT2D eigenvalue weighted by Gasteiger charge is -2.27. The molecule has 0 saturated carbocycles. The van der Waals surface area contributed by atoms with Gasteiger partial charge in [0, 0.05) is 0 Å². The van der Waals surface area contributed by atoms with E-state index in [1.165, 1.54) is 0 Å². The van der Waals surface area contributed by atoms with E-state index in [1.807, 2.05) is 13.8 Å². The second-order valence-corrected chi connectivity index (χ2v) is 8.97. The number of carbonyl (C=O) groups is 4. The van der Waals surface area contributed by atoms with Gasteiger partial charge in [0.1, 0.15) is 17.7 Å². The number of carbonyl (C=O) groups excluding carboxylic acids is 3. The van der Waals surface area contributed by atoms with E-state index in [-0.39, 0.29) is 23.5 Å². The molecule has 1 rings (SSSR count). The number of ether oxygens (including phenoxy) is 1. The van der Waals surface area contributed by atoms with Crippen LogP contribution < -0.4 is 16.0 Å². The fourth-order valence-electron chi connectivity index (χ4n) is 2.96. The Morgan fingerprint density at radius 3 is 1.79 bits per heavy atom. The van der Waals surface area contributed by atoms with Gasteiger partial charge < -0.3 is 25.8 Å². The Morgan fingerprint density at radius 1 is 0.931 bits per heavy atom. The van der Waals surface area contributed by atoms with Crippen LogP contribution in [-0.4, -0.2) is 59.1 Å². The van der Waals surface area contributed by atoms with Crippen LogP contribution in [-0.2, 0) is 19.1 Å². The maximum absolute atomic E-state index is 12.9. The molecule has 0 aromatic heterocycles. The number of aliphatic carboxylic acids is 1. The quantitative estimate of drug-likeness (QED) is 0.377. The van der Waals surface area contributed by atoms with Crippen molar-refractivity contribution in [3.8, 4) is 0 Å². The molecule has 1 saturated heterocycles. The van der Waals surface area contributed by atoms with Crippen LogP contribution in [0.2, 0.25) is 0 Å². The number of nitrogens with one attached hydrogen (secondary N) is 3. The third-order valence-corrected chi connectivity index (χ3v) is 4.89. The maximum atomic E-state index is 12.9. The fourth-order valence-corrected chi connectivity index (χ4v) is 2.96. The highest BCUT2D eigenvalue weighted by Gasteiger charge is 2.50. The Hall–Kier alpha value is -2.16.